The van der Waals surface area contributed by atoms with Crippen LogP contribution in [-0.4, -0.2) is 17.8 Å². The van der Waals surface area contributed by atoms with Crippen molar-refractivity contribution in [1.29, 1.82) is 0 Å². The molecule has 3 heteroatoms. The van der Waals surface area contributed by atoms with Gasteiger partial charge in [-0.2, -0.15) is 12.6 Å². The van der Waals surface area contributed by atoms with Gasteiger partial charge in [-0.05, 0) is 11.6 Å². The summed E-state index contributed by atoms with van der Waals surface area (Å²) in [6.07, 6.45) is 5.70. The van der Waals surface area contributed by atoms with Crippen LogP contribution in [0.15, 0.2) is 24.4 Å². The van der Waals surface area contributed by atoms with Gasteiger partial charge in [0, 0.05) is 18.0 Å². The number of pyridine rings is 1. The summed E-state index contributed by atoms with van der Waals surface area (Å²) in [5.41, 5.74) is 1.06. The third-order valence-electron chi connectivity index (χ3n) is 1.38. The molecule has 12 heavy (non-hydrogen) atoms. The number of aromatic nitrogens is 1. The van der Waals surface area contributed by atoms with Crippen LogP contribution < -0.4 is 4.74 Å². The first kappa shape index (κ1) is 9.13. The lowest BCUT2D eigenvalue weighted by atomic mass is 10.3. The first-order valence-electron chi connectivity index (χ1n) is 3.64. The number of nitrogens with zero attached hydrogens (tertiary/aromatic N) is 1. The smallest absolute Gasteiger partial charge is 0.212 e. The van der Waals surface area contributed by atoms with E-state index in [0.29, 0.717) is 5.88 Å². The second-order valence-corrected chi connectivity index (χ2v) is 2.58. The van der Waals surface area contributed by atoms with Crippen LogP contribution in [-0.2, 0) is 0 Å². The molecule has 1 heterocycles. The summed E-state index contributed by atoms with van der Waals surface area (Å²) in [5.74, 6) is 1.38. The zero-order valence-corrected chi connectivity index (χ0v) is 7.79. The highest BCUT2D eigenvalue weighted by molar-refractivity contribution is 7.80. The Labute approximate surface area is 77.7 Å². The van der Waals surface area contributed by atoms with E-state index >= 15 is 0 Å². The average Bonchev–Trinajstić information content (AvgIpc) is 2.15. The Bertz CT molecular complexity index is 256. The lowest BCUT2D eigenvalue weighted by molar-refractivity contribution is 0.398. The number of ether oxygens (including phenoxy) is 1. The molecule has 1 aromatic heterocycles. The van der Waals surface area contributed by atoms with Gasteiger partial charge in [0.15, 0.2) is 0 Å². The standard InChI is InChI=1S/C9H11NOS/c1-11-9-5-4-8(7-10-9)3-2-6-12/h2-5,7,12H,6H2,1H3. The number of thiol groups is 1. The normalized spacial score (nSPS) is 10.5. The predicted octanol–water partition coefficient (Wildman–Crippen LogP) is 2.03. The predicted molar refractivity (Wildman–Crippen MR) is 53.7 cm³/mol. The van der Waals surface area contributed by atoms with E-state index < -0.39 is 0 Å². The molecule has 64 valence electrons. The van der Waals surface area contributed by atoms with Gasteiger partial charge >= 0.3 is 0 Å². The molecule has 0 N–H and O–H groups in total. The maximum Gasteiger partial charge on any atom is 0.212 e. The third-order valence-corrected chi connectivity index (χ3v) is 1.59. The van der Waals surface area contributed by atoms with Crippen molar-refractivity contribution in [2.45, 2.75) is 0 Å². The molecule has 0 amide bonds. The molecule has 0 aliphatic heterocycles. The van der Waals surface area contributed by atoms with Gasteiger partial charge < -0.3 is 4.74 Å². The van der Waals surface area contributed by atoms with Gasteiger partial charge in [0.25, 0.3) is 0 Å². The van der Waals surface area contributed by atoms with Gasteiger partial charge in [-0.15, -0.1) is 0 Å². The van der Waals surface area contributed by atoms with Crippen LogP contribution in [0.1, 0.15) is 5.56 Å². The maximum atomic E-state index is 4.92. The summed E-state index contributed by atoms with van der Waals surface area (Å²) in [4.78, 5) is 4.05. The first-order valence-corrected chi connectivity index (χ1v) is 4.27. The van der Waals surface area contributed by atoms with E-state index in [9.17, 15) is 0 Å². The van der Waals surface area contributed by atoms with Gasteiger partial charge in [-0.1, -0.05) is 12.2 Å². The molecular formula is C9H11NOS. The molecule has 0 atom stereocenters. The molecular weight excluding hydrogens is 170 g/mol. The van der Waals surface area contributed by atoms with Crippen molar-refractivity contribution in [2.75, 3.05) is 12.9 Å². The Kier molecular flexibility index (Phi) is 3.67. The van der Waals surface area contributed by atoms with Crippen LogP contribution in [0, 0.1) is 0 Å². The van der Waals surface area contributed by atoms with Crippen LogP contribution in [0.2, 0.25) is 0 Å². The Morgan fingerprint density at radius 2 is 2.42 bits per heavy atom. The minimum atomic E-state index is 0.637. The monoisotopic (exact) mass is 181 g/mol. The molecule has 1 aromatic rings. The Morgan fingerprint density at radius 3 is 2.92 bits per heavy atom. The second-order valence-electron chi connectivity index (χ2n) is 2.22. The highest BCUT2D eigenvalue weighted by atomic mass is 32.1. The van der Waals surface area contributed by atoms with Crippen molar-refractivity contribution in [3.63, 3.8) is 0 Å². The fourth-order valence-electron chi connectivity index (χ4n) is 0.800. The van der Waals surface area contributed by atoms with Crippen LogP contribution in [0.4, 0.5) is 0 Å². The Morgan fingerprint density at radius 1 is 1.58 bits per heavy atom. The van der Waals surface area contributed by atoms with E-state index in [4.69, 9.17) is 4.74 Å². The lowest BCUT2D eigenvalue weighted by Crippen LogP contribution is -1.86. The highest BCUT2D eigenvalue weighted by Gasteiger charge is 1.90. The minimum Gasteiger partial charge on any atom is -0.481 e. The fourth-order valence-corrected chi connectivity index (χ4v) is 0.905. The SMILES string of the molecule is COc1ccc(C=CCS)cn1. The van der Waals surface area contributed by atoms with Crippen molar-refractivity contribution in [2.24, 2.45) is 0 Å². The fraction of sp³-hybridized carbons (Fsp3) is 0.222. The second kappa shape index (κ2) is 4.83. The number of hydrogen-bond acceptors (Lipinski definition) is 3. The maximum absolute atomic E-state index is 4.92. The molecule has 0 aromatic carbocycles. The van der Waals surface area contributed by atoms with E-state index in [1.54, 1.807) is 13.3 Å². The summed E-state index contributed by atoms with van der Waals surface area (Å²) >= 11 is 4.06. The van der Waals surface area contributed by atoms with Gasteiger partial charge in [0.05, 0.1) is 7.11 Å². The zero-order valence-electron chi connectivity index (χ0n) is 6.90. The number of rotatable bonds is 3. The molecule has 0 aliphatic carbocycles. The first-order chi connectivity index (χ1) is 5.86. The van der Waals surface area contributed by atoms with Gasteiger partial charge in [-0.25, -0.2) is 4.98 Å². The summed E-state index contributed by atoms with van der Waals surface area (Å²) in [5, 5.41) is 0. The molecule has 0 saturated carbocycles. The van der Waals surface area contributed by atoms with E-state index in [1.807, 2.05) is 24.3 Å². The van der Waals surface area contributed by atoms with Crippen LogP contribution in [0.5, 0.6) is 5.88 Å². The summed E-state index contributed by atoms with van der Waals surface area (Å²) in [6.45, 7) is 0. The zero-order chi connectivity index (χ0) is 8.81. The van der Waals surface area contributed by atoms with E-state index in [0.717, 1.165) is 11.3 Å². The van der Waals surface area contributed by atoms with Crippen molar-refractivity contribution < 1.29 is 4.74 Å². The lowest BCUT2D eigenvalue weighted by Gasteiger charge is -1.97. The Balaban J connectivity index is 2.71. The number of methoxy groups -OCH3 is 1. The van der Waals surface area contributed by atoms with Crippen molar-refractivity contribution in [1.82, 2.24) is 4.98 Å². The van der Waals surface area contributed by atoms with Crippen LogP contribution in [0.25, 0.3) is 6.08 Å². The molecule has 1 rings (SSSR count). The summed E-state index contributed by atoms with van der Waals surface area (Å²) in [6, 6.07) is 3.78. The molecule has 0 unspecified atom stereocenters. The van der Waals surface area contributed by atoms with E-state index in [1.165, 1.54) is 0 Å². The van der Waals surface area contributed by atoms with E-state index in [2.05, 4.69) is 17.6 Å². The molecule has 0 fully saturated rings. The highest BCUT2D eigenvalue weighted by Crippen LogP contribution is 2.07. The molecule has 0 aliphatic rings. The summed E-state index contributed by atoms with van der Waals surface area (Å²) < 4.78 is 4.92. The molecule has 2 nitrogen and oxygen atoms in total. The largest absolute Gasteiger partial charge is 0.481 e. The van der Waals surface area contributed by atoms with Gasteiger partial charge in [0.1, 0.15) is 0 Å². The van der Waals surface area contributed by atoms with Crippen molar-refractivity contribution >= 4 is 18.7 Å². The Hall–Kier alpha value is -0.960. The van der Waals surface area contributed by atoms with E-state index in [-0.39, 0.29) is 0 Å². The van der Waals surface area contributed by atoms with Crippen molar-refractivity contribution in [3.8, 4) is 5.88 Å². The van der Waals surface area contributed by atoms with Gasteiger partial charge in [0.2, 0.25) is 5.88 Å². The molecule has 0 radical (unpaired) electrons. The van der Waals surface area contributed by atoms with Crippen molar-refractivity contribution in [3.05, 3.63) is 30.0 Å². The van der Waals surface area contributed by atoms with Crippen LogP contribution in [0.3, 0.4) is 0 Å². The van der Waals surface area contributed by atoms with Gasteiger partial charge in [-0.3, -0.25) is 0 Å². The minimum absolute atomic E-state index is 0.637. The van der Waals surface area contributed by atoms with Crippen LogP contribution >= 0.6 is 12.6 Å². The molecule has 0 saturated heterocycles. The quantitative estimate of drug-likeness (QED) is 0.721. The summed E-state index contributed by atoms with van der Waals surface area (Å²) in [7, 11) is 1.60. The molecule has 0 spiro atoms. The average molecular weight is 181 g/mol. The third kappa shape index (κ3) is 2.58. The molecule has 0 bridgehead atoms. The number of hydrogen-bond donors (Lipinski definition) is 1. The topological polar surface area (TPSA) is 22.1 Å².